The van der Waals surface area contributed by atoms with Crippen molar-refractivity contribution in [3.05, 3.63) is 18.2 Å². The average molecular weight is 482 g/mol. The molecule has 0 aromatic carbocycles. The molecule has 0 saturated heterocycles. The van der Waals surface area contributed by atoms with Crippen LogP contribution >= 0.6 is 11.8 Å². The number of methoxy groups -OCH3 is 1. The summed E-state index contributed by atoms with van der Waals surface area (Å²) in [6.45, 7) is 5.80. The fourth-order valence-electron chi connectivity index (χ4n) is 3.68. The predicted octanol–water partition coefficient (Wildman–Crippen LogP) is 1.61. The van der Waals surface area contributed by atoms with Gasteiger partial charge >= 0.3 is 5.97 Å². The van der Waals surface area contributed by atoms with Gasteiger partial charge in [-0.2, -0.15) is 11.8 Å². The highest BCUT2D eigenvalue weighted by molar-refractivity contribution is 7.98. The molecule has 0 bridgehead atoms. The zero-order valence-electron chi connectivity index (χ0n) is 20.3. The van der Waals surface area contributed by atoms with Crippen LogP contribution in [0.5, 0.6) is 0 Å². The zero-order valence-corrected chi connectivity index (χ0v) is 21.1. The first kappa shape index (κ1) is 27.2. The lowest BCUT2D eigenvalue weighted by molar-refractivity contribution is -0.145. The van der Waals surface area contributed by atoms with Crippen LogP contribution in [0.3, 0.4) is 0 Å². The molecule has 0 spiro atoms. The molecule has 3 unspecified atom stereocenters. The fourth-order valence-corrected chi connectivity index (χ4v) is 4.15. The maximum Gasteiger partial charge on any atom is 0.328 e. The SMILES string of the molecule is CCC(C)C(CN(CC(=O)NC(CCSC)C(=O)OC)CC1CC1)NC(=O)Cc1cnc[nH]1. The van der Waals surface area contributed by atoms with E-state index in [1.807, 2.05) is 6.26 Å². The van der Waals surface area contributed by atoms with Gasteiger partial charge in [-0.05, 0) is 43.1 Å². The number of imidazole rings is 1. The summed E-state index contributed by atoms with van der Waals surface area (Å²) in [5.41, 5.74) is 0.767. The largest absolute Gasteiger partial charge is 0.467 e. The Balaban J connectivity index is 2.00. The first-order chi connectivity index (χ1) is 15.9. The van der Waals surface area contributed by atoms with E-state index in [1.165, 1.54) is 7.11 Å². The minimum absolute atomic E-state index is 0.0665. The summed E-state index contributed by atoms with van der Waals surface area (Å²) < 4.78 is 4.86. The number of ether oxygens (including phenoxy) is 1. The van der Waals surface area contributed by atoms with Gasteiger partial charge < -0.3 is 20.4 Å². The molecule has 1 aromatic rings. The van der Waals surface area contributed by atoms with Gasteiger partial charge in [0, 0.05) is 31.0 Å². The van der Waals surface area contributed by atoms with Crippen LogP contribution in [0.25, 0.3) is 0 Å². The molecule has 1 saturated carbocycles. The van der Waals surface area contributed by atoms with Gasteiger partial charge in [0.25, 0.3) is 0 Å². The third kappa shape index (κ3) is 10.2. The van der Waals surface area contributed by atoms with E-state index in [0.29, 0.717) is 18.9 Å². The number of nitrogens with one attached hydrogen (secondary N) is 3. The van der Waals surface area contributed by atoms with Gasteiger partial charge in [0.2, 0.25) is 11.8 Å². The number of carbonyl (C=O) groups is 3. The van der Waals surface area contributed by atoms with Crippen LogP contribution in [0, 0.1) is 11.8 Å². The van der Waals surface area contributed by atoms with E-state index in [4.69, 9.17) is 4.74 Å². The highest BCUT2D eigenvalue weighted by Crippen LogP contribution is 2.30. The van der Waals surface area contributed by atoms with Crippen LogP contribution in [0.2, 0.25) is 0 Å². The first-order valence-electron chi connectivity index (χ1n) is 11.7. The van der Waals surface area contributed by atoms with Crippen molar-refractivity contribution < 1.29 is 19.1 Å². The summed E-state index contributed by atoms with van der Waals surface area (Å²) in [5, 5.41) is 6.01. The minimum atomic E-state index is -0.641. The number of amides is 2. The van der Waals surface area contributed by atoms with Gasteiger partial charge in [-0.1, -0.05) is 20.3 Å². The number of thioether (sulfide) groups is 1. The second-order valence-corrected chi connectivity index (χ2v) is 9.86. The molecule has 1 heterocycles. The number of aromatic amines is 1. The number of hydrogen-bond donors (Lipinski definition) is 3. The van der Waals surface area contributed by atoms with Gasteiger partial charge in [0.1, 0.15) is 6.04 Å². The van der Waals surface area contributed by atoms with Crippen molar-refractivity contribution >= 4 is 29.5 Å². The summed E-state index contributed by atoms with van der Waals surface area (Å²) in [6.07, 6.45) is 9.18. The molecule has 10 heteroatoms. The summed E-state index contributed by atoms with van der Waals surface area (Å²) in [6, 6.07) is -0.720. The Morgan fingerprint density at radius 3 is 2.64 bits per heavy atom. The Hall–Kier alpha value is -2.07. The summed E-state index contributed by atoms with van der Waals surface area (Å²) >= 11 is 1.62. The molecule has 3 N–H and O–H groups in total. The molecular weight excluding hydrogens is 442 g/mol. The molecule has 33 heavy (non-hydrogen) atoms. The monoisotopic (exact) mass is 481 g/mol. The second-order valence-electron chi connectivity index (χ2n) is 8.88. The van der Waals surface area contributed by atoms with Crippen LogP contribution in [0.4, 0.5) is 0 Å². The quantitative estimate of drug-likeness (QED) is 0.307. The predicted molar refractivity (Wildman–Crippen MR) is 130 cm³/mol. The van der Waals surface area contributed by atoms with Crippen molar-refractivity contribution in [1.29, 1.82) is 0 Å². The van der Waals surface area contributed by atoms with E-state index in [1.54, 1.807) is 24.3 Å². The van der Waals surface area contributed by atoms with E-state index >= 15 is 0 Å². The third-order valence-corrected chi connectivity index (χ3v) is 6.69. The molecule has 0 radical (unpaired) electrons. The van der Waals surface area contributed by atoms with Crippen molar-refractivity contribution in [2.45, 2.75) is 58.0 Å². The number of rotatable bonds is 16. The highest BCUT2D eigenvalue weighted by atomic mass is 32.2. The molecule has 9 nitrogen and oxygen atoms in total. The molecule has 2 rings (SSSR count). The highest BCUT2D eigenvalue weighted by Gasteiger charge is 2.30. The lowest BCUT2D eigenvalue weighted by Crippen LogP contribution is -2.51. The van der Waals surface area contributed by atoms with E-state index in [0.717, 1.165) is 37.3 Å². The number of esters is 1. The lowest BCUT2D eigenvalue weighted by atomic mass is 9.98. The van der Waals surface area contributed by atoms with Crippen molar-refractivity contribution in [3.63, 3.8) is 0 Å². The zero-order chi connectivity index (χ0) is 24.2. The minimum Gasteiger partial charge on any atom is -0.467 e. The van der Waals surface area contributed by atoms with E-state index < -0.39 is 12.0 Å². The van der Waals surface area contributed by atoms with Crippen LogP contribution in [-0.2, 0) is 25.5 Å². The number of H-pyrrole nitrogens is 1. The van der Waals surface area contributed by atoms with E-state index in [9.17, 15) is 14.4 Å². The van der Waals surface area contributed by atoms with Crippen molar-refractivity contribution in [1.82, 2.24) is 25.5 Å². The summed E-state index contributed by atoms with van der Waals surface area (Å²) in [7, 11) is 1.34. The molecule has 1 aliphatic carbocycles. The Morgan fingerprint density at radius 2 is 2.06 bits per heavy atom. The van der Waals surface area contributed by atoms with Crippen molar-refractivity contribution in [2.24, 2.45) is 11.8 Å². The van der Waals surface area contributed by atoms with Crippen LogP contribution in [-0.4, -0.2) is 83.5 Å². The van der Waals surface area contributed by atoms with Crippen LogP contribution < -0.4 is 10.6 Å². The average Bonchev–Trinajstić information content (AvgIpc) is 3.46. The maximum atomic E-state index is 12.8. The standard InChI is InChI=1S/C23H39N5O4S/c1-5-16(2)20(27-21(29)10-18-11-24-15-25-18)13-28(12-17-6-7-17)14-22(30)26-19(8-9-33-4)23(31)32-3/h11,15-17,19-20H,5-10,12-14H2,1-4H3,(H,24,25)(H,26,30)(H,27,29). The Labute approximate surface area is 201 Å². The van der Waals surface area contributed by atoms with E-state index in [2.05, 4.69) is 39.3 Å². The van der Waals surface area contributed by atoms with Gasteiger partial charge in [-0.3, -0.25) is 14.5 Å². The summed E-state index contributed by atoms with van der Waals surface area (Å²) in [4.78, 5) is 46.6. The first-order valence-corrected chi connectivity index (χ1v) is 13.1. The van der Waals surface area contributed by atoms with E-state index in [-0.39, 0.29) is 36.7 Å². The maximum absolute atomic E-state index is 12.8. The molecule has 0 aliphatic heterocycles. The molecule has 1 fully saturated rings. The molecule has 1 aromatic heterocycles. The smallest absolute Gasteiger partial charge is 0.328 e. The number of carbonyl (C=O) groups excluding carboxylic acids is 3. The van der Waals surface area contributed by atoms with Crippen molar-refractivity contribution in [3.8, 4) is 0 Å². The molecule has 1 aliphatic rings. The fraction of sp³-hybridized carbons (Fsp3) is 0.739. The number of hydrogen-bond acceptors (Lipinski definition) is 7. The van der Waals surface area contributed by atoms with Gasteiger partial charge in [-0.25, -0.2) is 9.78 Å². The Bertz CT molecular complexity index is 741. The van der Waals surface area contributed by atoms with Gasteiger partial charge in [0.15, 0.2) is 0 Å². The molecule has 186 valence electrons. The molecular formula is C23H39N5O4S. The summed E-state index contributed by atoms with van der Waals surface area (Å²) in [5.74, 6) is 0.912. The molecule has 2 amide bonds. The second kappa shape index (κ2) is 14.2. The topological polar surface area (TPSA) is 116 Å². The van der Waals surface area contributed by atoms with Crippen LogP contribution in [0.1, 0.15) is 45.2 Å². The van der Waals surface area contributed by atoms with Gasteiger partial charge in [-0.15, -0.1) is 0 Å². The normalized spacial score (nSPS) is 16.2. The third-order valence-electron chi connectivity index (χ3n) is 6.05. The van der Waals surface area contributed by atoms with Crippen LogP contribution in [0.15, 0.2) is 12.5 Å². The number of nitrogens with zero attached hydrogens (tertiary/aromatic N) is 2. The lowest BCUT2D eigenvalue weighted by Gasteiger charge is -2.31. The van der Waals surface area contributed by atoms with Gasteiger partial charge in [0.05, 0.1) is 26.4 Å². The molecule has 3 atom stereocenters. The Morgan fingerprint density at radius 1 is 1.30 bits per heavy atom. The Kier molecular flexibility index (Phi) is 11.7. The number of aromatic nitrogens is 2. The van der Waals surface area contributed by atoms with Crippen molar-refractivity contribution in [2.75, 3.05) is 38.8 Å².